The van der Waals surface area contributed by atoms with E-state index in [2.05, 4.69) is 10.0 Å². The molecule has 2 aromatic carbocycles. The molecule has 0 aliphatic carbocycles. The van der Waals surface area contributed by atoms with E-state index in [1.54, 1.807) is 21.0 Å². The molecule has 2 rings (SSSR count). The summed E-state index contributed by atoms with van der Waals surface area (Å²) in [6, 6.07) is 13.0. The number of hydrogen-bond donors (Lipinski definition) is 2. The number of methoxy groups -OCH3 is 1. The number of sulfonamides is 1. The van der Waals surface area contributed by atoms with E-state index in [-0.39, 0.29) is 29.5 Å². The molecule has 7 nitrogen and oxygen atoms in total. The summed E-state index contributed by atoms with van der Waals surface area (Å²) in [6.07, 6.45) is 0. The number of amides is 1. The normalized spacial score (nSPS) is 12.5. The van der Waals surface area contributed by atoms with Crippen LogP contribution >= 0.6 is 0 Å². The van der Waals surface area contributed by atoms with Crippen molar-refractivity contribution >= 4 is 15.9 Å². The van der Waals surface area contributed by atoms with Gasteiger partial charge in [0.15, 0.2) is 6.61 Å². The average Bonchev–Trinajstić information content (AvgIpc) is 2.65. The van der Waals surface area contributed by atoms with E-state index in [4.69, 9.17) is 9.47 Å². The third-order valence-corrected chi connectivity index (χ3v) is 5.56. The van der Waals surface area contributed by atoms with E-state index >= 15 is 0 Å². The van der Waals surface area contributed by atoms with Gasteiger partial charge in [-0.2, -0.15) is 0 Å². The highest BCUT2D eigenvalue weighted by atomic mass is 32.2. The van der Waals surface area contributed by atoms with Crippen molar-refractivity contribution in [3.63, 3.8) is 0 Å². The fourth-order valence-electron chi connectivity index (χ4n) is 2.50. The molecule has 0 saturated carbocycles. The van der Waals surface area contributed by atoms with Gasteiger partial charge < -0.3 is 14.8 Å². The second-order valence-electron chi connectivity index (χ2n) is 6.60. The third kappa shape index (κ3) is 6.24. The van der Waals surface area contributed by atoms with Crippen molar-refractivity contribution in [2.24, 2.45) is 0 Å². The Morgan fingerprint density at radius 2 is 1.54 bits per heavy atom. The van der Waals surface area contributed by atoms with Gasteiger partial charge in [0, 0.05) is 6.04 Å². The number of rotatable bonds is 9. The number of ether oxygens (including phenoxy) is 2. The molecular formula is C20H26N2O5S. The van der Waals surface area contributed by atoms with E-state index in [1.165, 1.54) is 24.3 Å². The summed E-state index contributed by atoms with van der Waals surface area (Å²) in [4.78, 5) is 12.2. The van der Waals surface area contributed by atoms with E-state index in [9.17, 15) is 13.2 Å². The van der Waals surface area contributed by atoms with Crippen LogP contribution in [0.5, 0.6) is 11.5 Å². The van der Waals surface area contributed by atoms with Gasteiger partial charge in [-0.15, -0.1) is 0 Å². The Labute approximate surface area is 166 Å². The first-order valence-corrected chi connectivity index (χ1v) is 10.4. The fraction of sp³-hybridized carbons (Fsp3) is 0.350. The lowest BCUT2D eigenvalue weighted by molar-refractivity contribution is -0.123. The van der Waals surface area contributed by atoms with Gasteiger partial charge in [-0.1, -0.05) is 12.1 Å². The van der Waals surface area contributed by atoms with Gasteiger partial charge in [-0.25, -0.2) is 13.1 Å². The van der Waals surface area contributed by atoms with Crippen molar-refractivity contribution in [1.29, 1.82) is 0 Å². The predicted molar refractivity (Wildman–Crippen MR) is 107 cm³/mol. The Morgan fingerprint density at radius 3 is 2.07 bits per heavy atom. The lowest BCUT2D eigenvalue weighted by Crippen LogP contribution is -2.31. The monoisotopic (exact) mass is 406 g/mol. The summed E-state index contributed by atoms with van der Waals surface area (Å²) in [6.45, 7) is 5.21. The minimum absolute atomic E-state index is 0.145. The minimum Gasteiger partial charge on any atom is -0.497 e. The Balaban J connectivity index is 1.88. The highest BCUT2D eigenvalue weighted by molar-refractivity contribution is 7.89. The smallest absolute Gasteiger partial charge is 0.258 e. The Morgan fingerprint density at radius 1 is 0.964 bits per heavy atom. The van der Waals surface area contributed by atoms with Gasteiger partial charge >= 0.3 is 0 Å². The largest absolute Gasteiger partial charge is 0.497 e. The number of carbonyl (C=O) groups is 1. The molecule has 0 aliphatic heterocycles. The third-order valence-electron chi connectivity index (χ3n) is 3.89. The molecule has 28 heavy (non-hydrogen) atoms. The molecule has 0 spiro atoms. The first-order chi connectivity index (χ1) is 13.2. The molecule has 0 fully saturated rings. The summed E-state index contributed by atoms with van der Waals surface area (Å²) in [5, 5.41) is 2.85. The molecule has 0 saturated heterocycles. The Kier molecular flexibility index (Phi) is 7.42. The lowest BCUT2D eigenvalue weighted by Gasteiger charge is -2.15. The van der Waals surface area contributed by atoms with Crippen molar-refractivity contribution in [2.45, 2.75) is 37.8 Å². The van der Waals surface area contributed by atoms with Crippen LogP contribution in [0.2, 0.25) is 0 Å². The molecule has 1 atom stereocenters. The quantitative estimate of drug-likeness (QED) is 0.668. The maximum absolute atomic E-state index is 12.1. The number of carbonyl (C=O) groups excluding carboxylic acids is 1. The molecule has 1 amide bonds. The zero-order valence-electron chi connectivity index (χ0n) is 16.4. The second-order valence-corrected chi connectivity index (χ2v) is 8.31. The summed E-state index contributed by atoms with van der Waals surface area (Å²) in [7, 11) is -1.96. The van der Waals surface area contributed by atoms with Crippen LogP contribution in [0, 0.1) is 0 Å². The highest BCUT2D eigenvalue weighted by Gasteiger charge is 2.15. The number of benzene rings is 2. The molecule has 0 aromatic heterocycles. The van der Waals surface area contributed by atoms with Crippen LogP contribution in [-0.2, 0) is 14.8 Å². The maximum atomic E-state index is 12.1. The van der Waals surface area contributed by atoms with Crippen LogP contribution in [0.15, 0.2) is 53.4 Å². The fourth-order valence-corrected chi connectivity index (χ4v) is 3.75. The van der Waals surface area contributed by atoms with Gasteiger partial charge in [-0.3, -0.25) is 4.79 Å². The van der Waals surface area contributed by atoms with E-state index in [0.717, 1.165) is 11.3 Å². The minimum atomic E-state index is -3.55. The van der Waals surface area contributed by atoms with Gasteiger partial charge in [0.2, 0.25) is 10.0 Å². The van der Waals surface area contributed by atoms with E-state index in [0.29, 0.717) is 5.75 Å². The van der Waals surface area contributed by atoms with E-state index < -0.39 is 10.0 Å². The number of nitrogens with one attached hydrogen (secondary N) is 2. The first kappa shape index (κ1) is 21.7. The van der Waals surface area contributed by atoms with Crippen molar-refractivity contribution in [1.82, 2.24) is 10.0 Å². The topological polar surface area (TPSA) is 93.7 Å². The van der Waals surface area contributed by atoms with Gasteiger partial charge in [0.25, 0.3) is 5.91 Å². The van der Waals surface area contributed by atoms with Crippen LogP contribution in [-0.4, -0.2) is 34.1 Å². The van der Waals surface area contributed by atoms with Crippen LogP contribution in [0.25, 0.3) is 0 Å². The van der Waals surface area contributed by atoms with E-state index in [1.807, 2.05) is 31.2 Å². The summed E-state index contributed by atoms with van der Waals surface area (Å²) >= 11 is 0. The standard InChI is InChI=1S/C20H26N2O5S/c1-14(2)22-28(24,25)19-11-9-18(10-12-19)27-13-20(23)21-15(3)16-5-7-17(26-4)8-6-16/h5-12,14-15,22H,13H2,1-4H3,(H,21,23). The molecule has 0 heterocycles. The molecule has 2 N–H and O–H groups in total. The van der Waals surface area contributed by atoms with Crippen LogP contribution < -0.4 is 19.5 Å². The average molecular weight is 407 g/mol. The lowest BCUT2D eigenvalue weighted by atomic mass is 10.1. The molecule has 1 unspecified atom stereocenters. The van der Waals surface area contributed by atoms with Crippen molar-refractivity contribution < 1.29 is 22.7 Å². The molecule has 8 heteroatoms. The number of hydrogen-bond acceptors (Lipinski definition) is 5. The first-order valence-electron chi connectivity index (χ1n) is 8.90. The Bertz CT molecular complexity index is 878. The SMILES string of the molecule is COc1ccc(C(C)NC(=O)COc2ccc(S(=O)(=O)NC(C)C)cc2)cc1. The highest BCUT2D eigenvalue weighted by Crippen LogP contribution is 2.18. The molecule has 0 bridgehead atoms. The summed E-state index contributed by atoms with van der Waals surface area (Å²) in [5.41, 5.74) is 0.946. The van der Waals surface area contributed by atoms with Crippen LogP contribution in [0.4, 0.5) is 0 Å². The maximum Gasteiger partial charge on any atom is 0.258 e. The summed E-state index contributed by atoms with van der Waals surface area (Å²) in [5.74, 6) is 0.886. The molecule has 152 valence electrons. The van der Waals surface area contributed by atoms with Gasteiger partial charge in [-0.05, 0) is 62.7 Å². The Hall–Kier alpha value is -2.58. The molecular weight excluding hydrogens is 380 g/mol. The van der Waals surface area contributed by atoms with Crippen molar-refractivity contribution in [2.75, 3.05) is 13.7 Å². The van der Waals surface area contributed by atoms with Crippen molar-refractivity contribution in [3.05, 3.63) is 54.1 Å². The molecule has 0 aliphatic rings. The zero-order valence-corrected chi connectivity index (χ0v) is 17.2. The molecule has 2 aromatic rings. The van der Waals surface area contributed by atoms with Gasteiger partial charge in [0.05, 0.1) is 18.0 Å². The van der Waals surface area contributed by atoms with Gasteiger partial charge in [0.1, 0.15) is 11.5 Å². The van der Waals surface area contributed by atoms with Crippen LogP contribution in [0.3, 0.4) is 0 Å². The predicted octanol–water partition coefficient (Wildman–Crippen LogP) is 2.64. The molecule has 0 radical (unpaired) electrons. The van der Waals surface area contributed by atoms with Crippen molar-refractivity contribution in [3.8, 4) is 11.5 Å². The summed E-state index contributed by atoms with van der Waals surface area (Å²) < 4.78 is 37.3. The second kappa shape index (κ2) is 9.57. The van der Waals surface area contributed by atoms with Crippen LogP contribution in [0.1, 0.15) is 32.4 Å². The zero-order chi connectivity index (χ0) is 20.7.